The average Bonchev–Trinajstić information content (AvgIpc) is 2.38. The van der Waals surface area contributed by atoms with Gasteiger partial charge in [0.2, 0.25) is 0 Å². The van der Waals surface area contributed by atoms with Crippen LogP contribution in [0, 0.1) is 0 Å². The van der Waals surface area contributed by atoms with Crippen LogP contribution in [0.2, 0.25) is 0 Å². The van der Waals surface area contributed by atoms with Crippen LogP contribution in [0.15, 0.2) is 18.2 Å². The van der Waals surface area contributed by atoms with E-state index >= 15 is 0 Å². The molecular formula is C16H27N3. The second kappa shape index (κ2) is 5.83. The molecule has 3 nitrogen and oxygen atoms in total. The molecule has 106 valence electrons. The van der Waals surface area contributed by atoms with Crippen molar-refractivity contribution in [3.8, 4) is 0 Å². The summed E-state index contributed by atoms with van der Waals surface area (Å²) in [5.74, 6) is 0.584. The molecule has 0 spiro atoms. The second-order valence-corrected chi connectivity index (χ2v) is 6.09. The number of piperazine rings is 1. The highest BCUT2D eigenvalue weighted by Crippen LogP contribution is 2.32. The van der Waals surface area contributed by atoms with Crippen LogP contribution in [0.5, 0.6) is 0 Å². The van der Waals surface area contributed by atoms with Gasteiger partial charge >= 0.3 is 0 Å². The zero-order valence-electron chi connectivity index (χ0n) is 13.0. The molecular weight excluding hydrogens is 234 g/mol. The van der Waals surface area contributed by atoms with Crippen LogP contribution < -0.4 is 9.80 Å². The maximum atomic E-state index is 2.51. The number of anilines is 2. The Hall–Kier alpha value is -1.22. The summed E-state index contributed by atoms with van der Waals surface area (Å²) in [6.45, 7) is 9.06. The van der Waals surface area contributed by atoms with Crippen molar-refractivity contribution < 1.29 is 0 Å². The smallest absolute Gasteiger partial charge is 0.0605 e. The highest BCUT2D eigenvalue weighted by Gasteiger charge is 2.18. The van der Waals surface area contributed by atoms with Crippen molar-refractivity contribution in [1.29, 1.82) is 0 Å². The van der Waals surface area contributed by atoms with E-state index < -0.39 is 0 Å². The van der Waals surface area contributed by atoms with Gasteiger partial charge in [0.05, 0.1) is 11.4 Å². The van der Waals surface area contributed by atoms with Crippen LogP contribution in [0.4, 0.5) is 11.4 Å². The van der Waals surface area contributed by atoms with Crippen LogP contribution in [0.1, 0.15) is 25.3 Å². The van der Waals surface area contributed by atoms with Gasteiger partial charge in [-0.15, -0.1) is 0 Å². The van der Waals surface area contributed by atoms with E-state index in [0.717, 1.165) is 26.2 Å². The molecule has 0 radical (unpaired) electrons. The summed E-state index contributed by atoms with van der Waals surface area (Å²) in [5, 5.41) is 0. The van der Waals surface area contributed by atoms with Crippen LogP contribution in [0.25, 0.3) is 0 Å². The molecule has 1 aliphatic heterocycles. The van der Waals surface area contributed by atoms with Gasteiger partial charge in [-0.3, -0.25) is 0 Å². The number of hydrogen-bond donors (Lipinski definition) is 0. The monoisotopic (exact) mass is 261 g/mol. The summed E-state index contributed by atoms with van der Waals surface area (Å²) in [6, 6.07) is 6.93. The molecule has 0 atom stereocenters. The molecule has 1 aromatic rings. The second-order valence-electron chi connectivity index (χ2n) is 6.09. The minimum Gasteiger partial charge on any atom is -0.376 e. The largest absolute Gasteiger partial charge is 0.376 e. The van der Waals surface area contributed by atoms with E-state index in [2.05, 4.69) is 67.9 Å². The summed E-state index contributed by atoms with van der Waals surface area (Å²) in [5.41, 5.74) is 4.14. The lowest BCUT2D eigenvalue weighted by atomic mass is 10.0. The Kier molecular flexibility index (Phi) is 4.35. The van der Waals surface area contributed by atoms with E-state index in [1.54, 1.807) is 0 Å². The summed E-state index contributed by atoms with van der Waals surface area (Å²) in [6.07, 6.45) is 0. The maximum absolute atomic E-state index is 2.51. The van der Waals surface area contributed by atoms with Gasteiger partial charge in [0.1, 0.15) is 0 Å². The van der Waals surface area contributed by atoms with Crippen molar-refractivity contribution in [2.75, 3.05) is 57.1 Å². The lowest BCUT2D eigenvalue weighted by Gasteiger charge is -2.36. The lowest BCUT2D eigenvalue weighted by Crippen LogP contribution is -2.44. The van der Waals surface area contributed by atoms with Gasteiger partial charge in [-0.05, 0) is 30.7 Å². The van der Waals surface area contributed by atoms with Gasteiger partial charge in [-0.25, -0.2) is 0 Å². The summed E-state index contributed by atoms with van der Waals surface area (Å²) >= 11 is 0. The molecule has 3 heteroatoms. The number of likely N-dealkylation sites (N-methyl/N-ethyl adjacent to an activating group) is 1. The molecule has 0 aliphatic carbocycles. The number of rotatable bonds is 3. The Balaban J connectivity index is 2.29. The molecule has 1 aliphatic rings. The van der Waals surface area contributed by atoms with Crippen LogP contribution in [-0.4, -0.2) is 52.2 Å². The average molecular weight is 261 g/mol. The molecule has 19 heavy (non-hydrogen) atoms. The molecule has 1 saturated heterocycles. The van der Waals surface area contributed by atoms with E-state index in [9.17, 15) is 0 Å². The molecule has 0 N–H and O–H groups in total. The Bertz CT molecular complexity index is 418. The van der Waals surface area contributed by atoms with Crippen LogP contribution >= 0.6 is 0 Å². The highest BCUT2D eigenvalue weighted by molar-refractivity contribution is 5.72. The van der Waals surface area contributed by atoms with Gasteiger partial charge in [0, 0.05) is 40.3 Å². The Morgan fingerprint density at radius 3 is 2.21 bits per heavy atom. The SMILES string of the molecule is CC(C)c1ccc(N2CCN(C)CC2)c(N(C)C)c1. The van der Waals surface area contributed by atoms with E-state index in [-0.39, 0.29) is 0 Å². The number of nitrogens with zero attached hydrogens (tertiary/aromatic N) is 3. The first-order valence-corrected chi connectivity index (χ1v) is 7.24. The lowest BCUT2D eigenvalue weighted by molar-refractivity contribution is 0.313. The molecule has 0 amide bonds. The van der Waals surface area contributed by atoms with E-state index in [1.807, 2.05) is 0 Å². The third-order valence-electron chi connectivity index (χ3n) is 3.99. The minimum absolute atomic E-state index is 0.584. The number of benzene rings is 1. The first-order valence-electron chi connectivity index (χ1n) is 7.24. The zero-order valence-corrected chi connectivity index (χ0v) is 13.0. The van der Waals surface area contributed by atoms with E-state index in [4.69, 9.17) is 0 Å². The predicted octanol–water partition coefficient (Wildman–Crippen LogP) is 2.63. The quantitative estimate of drug-likeness (QED) is 0.828. The molecule has 0 unspecified atom stereocenters. The van der Waals surface area contributed by atoms with Crippen molar-refractivity contribution in [3.05, 3.63) is 23.8 Å². The van der Waals surface area contributed by atoms with Crippen LogP contribution in [-0.2, 0) is 0 Å². The first-order chi connectivity index (χ1) is 8.99. The maximum Gasteiger partial charge on any atom is 0.0605 e. The zero-order chi connectivity index (χ0) is 14.0. The third kappa shape index (κ3) is 3.21. The fourth-order valence-electron chi connectivity index (χ4n) is 2.57. The van der Waals surface area contributed by atoms with Crippen molar-refractivity contribution in [2.45, 2.75) is 19.8 Å². The van der Waals surface area contributed by atoms with Crippen molar-refractivity contribution in [2.24, 2.45) is 0 Å². The van der Waals surface area contributed by atoms with Crippen molar-refractivity contribution in [1.82, 2.24) is 4.90 Å². The van der Waals surface area contributed by atoms with Gasteiger partial charge in [0.25, 0.3) is 0 Å². The normalized spacial score (nSPS) is 17.1. The van der Waals surface area contributed by atoms with Gasteiger partial charge in [0.15, 0.2) is 0 Å². The van der Waals surface area contributed by atoms with Gasteiger partial charge < -0.3 is 14.7 Å². The van der Waals surface area contributed by atoms with E-state index in [0.29, 0.717) is 5.92 Å². The highest BCUT2D eigenvalue weighted by atomic mass is 15.3. The molecule has 2 rings (SSSR count). The molecule has 0 bridgehead atoms. The Morgan fingerprint density at radius 2 is 1.68 bits per heavy atom. The fraction of sp³-hybridized carbons (Fsp3) is 0.625. The van der Waals surface area contributed by atoms with Gasteiger partial charge in [-0.1, -0.05) is 19.9 Å². The van der Waals surface area contributed by atoms with Crippen molar-refractivity contribution >= 4 is 11.4 Å². The molecule has 0 aromatic heterocycles. The van der Waals surface area contributed by atoms with Gasteiger partial charge in [-0.2, -0.15) is 0 Å². The summed E-state index contributed by atoms with van der Waals surface area (Å²) < 4.78 is 0. The topological polar surface area (TPSA) is 9.72 Å². The number of hydrogen-bond acceptors (Lipinski definition) is 3. The fourth-order valence-corrected chi connectivity index (χ4v) is 2.57. The summed E-state index contributed by atoms with van der Waals surface area (Å²) in [4.78, 5) is 7.15. The first kappa shape index (κ1) is 14.2. The Labute approximate surface area is 117 Å². The summed E-state index contributed by atoms with van der Waals surface area (Å²) in [7, 11) is 6.48. The van der Waals surface area contributed by atoms with E-state index in [1.165, 1.54) is 16.9 Å². The molecule has 0 saturated carbocycles. The van der Waals surface area contributed by atoms with Crippen molar-refractivity contribution in [3.63, 3.8) is 0 Å². The Morgan fingerprint density at radius 1 is 1.05 bits per heavy atom. The van der Waals surface area contributed by atoms with Crippen LogP contribution in [0.3, 0.4) is 0 Å². The molecule has 1 heterocycles. The predicted molar refractivity (Wildman–Crippen MR) is 84.6 cm³/mol. The molecule has 1 fully saturated rings. The minimum atomic E-state index is 0.584. The standard InChI is InChI=1S/C16H27N3/c1-13(2)14-6-7-15(16(12-14)17(3)4)19-10-8-18(5)9-11-19/h6-7,12-13H,8-11H2,1-5H3. The third-order valence-corrected chi connectivity index (χ3v) is 3.99. The molecule has 1 aromatic carbocycles.